The number of nitrogens with zero attached hydrogens (tertiary/aromatic N) is 3. The highest BCUT2D eigenvalue weighted by Crippen LogP contribution is 2.16. The van der Waals surface area contributed by atoms with Crippen molar-refractivity contribution < 1.29 is 4.39 Å². The van der Waals surface area contributed by atoms with E-state index in [-0.39, 0.29) is 29.8 Å². The molecule has 2 aromatic rings. The molecule has 1 aromatic carbocycles. The van der Waals surface area contributed by atoms with Gasteiger partial charge in [-0.05, 0) is 32.4 Å². The fourth-order valence-corrected chi connectivity index (χ4v) is 3.20. The average Bonchev–Trinajstić information content (AvgIpc) is 3.04. The number of guanidine groups is 1. The number of hydrogen-bond acceptors (Lipinski definition) is 4. The molecular formula is C19H29FIN5S. The number of aryl methyl sites for hydroxylation is 1. The van der Waals surface area contributed by atoms with Crippen molar-refractivity contribution in [3.05, 3.63) is 46.2 Å². The molecule has 0 aliphatic heterocycles. The van der Waals surface area contributed by atoms with Crippen LogP contribution >= 0.6 is 35.3 Å². The van der Waals surface area contributed by atoms with Crippen molar-refractivity contribution in [1.29, 1.82) is 0 Å². The number of hydrogen-bond donors (Lipinski definition) is 2. The Morgan fingerprint density at radius 3 is 2.74 bits per heavy atom. The van der Waals surface area contributed by atoms with Gasteiger partial charge in [-0.2, -0.15) is 0 Å². The molecular weight excluding hydrogens is 476 g/mol. The molecule has 0 aliphatic rings. The van der Waals surface area contributed by atoms with Gasteiger partial charge in [0.05, 0.1) is 16.4 Å². The Balaban J connectivity index is 0.00000364. The van der Waals surface area contributed by atoms with Gasteiger partial charge in [-0.3, -0.25) is 4.99 Å². The van der Waals surface area contributed by atoms with Gasteiger partial charge in [0.25, 0.3) is 0 Å². The Morgan fingerprint density at radius 1 is 1.30 bits per heavy atom. The fraction of sp³-hybridized carbons (Fsp3) is 0.474. The number of halogens is 2. The number of para-hydroxylation sites is 1. The van der Waals surface area contributed by atoms with Crippen LogP contribution in [-0.4, -0.2) is 44.2 Å². The van der Waals surface area contributed by atoms with E-state index in [0.29, 0.717) is 12.2 Å². The largest absolute Gasteiger partial charge is 0.372 e. The quantitative estimate of drug-likeness (QED) is 0.236. The molecule has 0 unspecified atom stereocenters. The lowest BCUT2D eigenvalue weighted by atomic mass is 10.2. The first kappa shape index (κ1) is 23.6. The lowest BCUT2D eigenvalue weighted by Gasteiger charge is -2.19. The third kappa shape index (κ3) is 8.42. The van der Waals surface area contributed by atoms with Crippen LogP contribution in [0.25, 0.3) is 0 Å². The number of aliphatic imine (C=N–C) groups is 1. The summed E-state index contributed by atoms with van der Waals surface area (Å²) >= 11 is 1.68. The normalized spacial score (nSPS) is 11.0. The molecule has 0 aliphatic carbocycles. The fourth-order valence-electron chi connectivity index (χ4n) is 2.55. The van der Waals surface area contributed by atoms with Crippen molar-refractivity contribution in [1.82, 2.24) is 15.6 Å². The molecule has 2 rings (SSSR count). The maximum Gasteiger partial charge on any atom is 0.191 e. The first-order chi connectivity index (χ1) is 12.6. The lowest BCUT2D eigenvalue weighted by molar-refractivity contribution is 0.620. The van der Waals surface area contributed by atoms with Gasteiger partial charge < -0.3 is 15.5 Å². The first-order valence-corrected chi connectivity index (χ1v) is 9.87. The highest BCUT2D eigenvalue weighted by atomic mass is 127. The third-order valence-corrected chi connectivity index (χ3v) is 4.69. The Morgan fingerprint density at radius 2 is 2.07 bits per heavy atom. The van der Waals surface area contributed by atoms with Gasteiger partial charge in [0.1, 0.15) is 5.82 Å². The molecule has 0 atom stereocenters. The van der Waals surface area contributed by atoms with Crippen molar-refractivity contribution in [2.45, 2.75) is 26.7 Å². The summed E-state index contributed by atoms with van der Waals surface area (Å²) in [4.78, 5) is 11.0. The van der Waals surface area contributed by atoms with E-state index >= 15 is 0 Å². The van der Waals surface area contributed by atoms with Gasteiger partial charge in [0, 0.05) is 45.0 Å². The summed E-state index contributed by atoms with van der Waals surface area (Å²) in [6.07, 6.45) is 1.73. The smallest absolute Gasteiger partial charge is 0.191 e. The summed E-state index contributed by atoms with van der Waals surface area (Å²) in [6, 6.07) is 6.84. The monoisotopic (exact) mass is 505 g/mol. The Labute approximate surface area is 182 Å². The molecule has 0 radical (unpaired) electrons. The number of nitrogens with one attached hydrogen (secondary N) is 2. The standard InChI is InChI=1S/C19H28FN5S.HI/c1-4-21-19(23-12-10-16-14-26-15(2)24-16)22-11-7-13-25(3)18-9-6-5-8-17(18)20;/h5-6,8-9,14H,4,7,10-13H2,1-3H3,(H2,21,22,23);1H. The maximum absolute atomic E-state index is 13.8. The van der Waals surface area contributed by atoms with Gasteiger partial charge >= 0.3 is 0 Å². The summed E-state index contributed by atoms with van der Waals surface area (Å²) in [5.74, 6) is 0.624. The molecule has 0 fully saturated rings. The molecule has 5 nitrogen and oxygen atoms in total. The molecule has 0 bridgehead atoms. The van der Waals surface area contributed by atoms with E-state index in [9.17, 15) is 4.39 Å². The second-order valence-corrected chi connectivity index (χ2v) is 7.08. The summed E-state index contributed by atoms with van der Waals surface area (Å²) in [7, 11) is 1.90. The van der Waals surface area contributed by atoms with Gasteiger partial charge in [-0.25, -0.2) is 9.37 Å². The molecule has 1 heterocycles. The number of benzene rings is 1. The molecule has 0 spiro atoms. The van der Waals surface area contributed by atoms with Crippen molar-refractivity contribution in [3.63, 3.8) is 0 Å². The van der Waals surface area contributed by atoms with E-state index in [2.05, 4.69) is 26.0 Å². The van der Waals surface area contributed by atoms with Gasteiger partial charge in [0.2, 0.25) is 0 Å². The van der Waals surface area contributed by atoms with E-state index in [1.165, 1.54) is 6.07 Å². The van der Waals surface area contributed by atoms with Crippen molar-refractivity contribution in [2.75, 3.05) is 38.1 Å². The van der Waals surface area contributed by atoms with Crippen LogP contribution in [0.3, 0.4) is 0 Å². The van der Waals surface area contributed by atoms with Crippen molar-refractivity contribution in [3.8, 4) is 0 Å². The maximum atomic E-state index is 13.8. The molecule has 150 valence electrons. The predicted molar refractivity (Wildman–Crippen MR) is 124 cm³/mol. The molecule has 0 amide bonds. The SMILES string of the molecule is CCNC(=NCCCN(C)c1ccccc1F)NCCc1csc(C)n1.I. The minimum absolute atomic E-state index is 0. The van der Waals surface area contributed by atoms with E-state index < -0.39 is 0 Å². The molecule has 0 saturated heterocycles. The average molecular weight is 505 g/mol. The zero-order valence-electron chi connectivity index (χ0n) is 16.2. The molecule has 8 heteroatoms. The van der Waals surface area contributed by atoms with Crippen LogP contribution in [0.2, 0.25) is 0 Å². The van der Waals surface area contributed by atoms with Gasteiger partial charge in [0.15, 0.2) is 5.96 Å². The van der Waals surface area contributed by atoms with Crippen molar-refractivity contribution in [2.24, 2.45) is 4.99 Å². The second kappa shape index (κ2) is 12.9. The van der Waals surface area contributed by atoms with Gasteiger partial charge in [-0.1, -0.05) is 12.1 Å². The van der Waals surface area contributed by atoms with E-state index in [1.54, 1.807) is 23.5 Å². The zero-order valence-corrected chi connectivity index (χ0v) is 19.3. The van der Waals surface area contributed by atoms with E-state index in [0.717, 1.165) is 49.1 Å². The van der Waals surface area contributed by atoms with Crippen LogP contribution in [0.15, 0.2) is 34.6 Å². The zero-order chi connectivity index (χ0) is 18.8. The highest BCUT2D eigenvalue weighted by molar-refractivity contribution is 14.0. The Hall–Kier alpha value is -1.42. The summed E-state index contributed by atoms with van der Waals surface area (Å²) in [5, 5.41) is 9.78. The topological polar surface area (TPSA) is 52.6 Å². The number of thiazole rings is 1. The minimum Gasteiger partial charge on any atom is -0.372 e. The Bertz CT molecular complexity index is 707. The van der Waals surface area contributed by atoms with Crippen LogP contribution < -0.4 is 15.5 Å². The van der Waals surface area contributed by atoms with Gasteiger partial charge in [-0.15, -0.1) is 35.3 Å². The number of aromatic nitrogens is 1. The van der Waals surface area contributed by atoms with Crippen LogP contribution in [0, 0.1) is 12.7 Å². The molecule has 27 heavy (non-hydrogen) atoms. The molecule has 1 aromatic heterocycles. The summed E-state index contributed by atoms with van der Waals surface area (Å²) in [5.41, 5.74) is 1.74. The Kier molecular flexibility index (Phi) is 11.3. The first-order valence-electron chi connectivity index (χ1n) is 8.99. The third-order valence-electron chi connectivity index (χ3n) is 3.87. The molecule has 0 saturated carbocycles. The predicted octanol–water partition coefficient (Wildman–Crippen LogP) is 3.83. The van der Waals surface area contributed by atoms with E-state index in [4.69, 9.17) is 0 Å². The number of anilines is 1. The summed E-state index contributed by atoms with van der Waals surface area (Å²) < 4.78 is 13.8. The van der Waals surface area contributed by atoms with E-state index in [1.807, 2.05) is 31.9 Å². The summed E-state index contributed by atoms with van der Waals surface area (Å²) in [6.45, 7) is 7.12. The number of rotatable bonds is 9. The van der Waals surface area contributed by atoms with Crippen LogP contribution in [-0.2, 0) is 6.42 Å². The minimum atomic E-state index is -0.189. The highest BCUT2D eigenvalue weighted by Gasteiger charge is 2.06. The van der Waals surface area contributed by atoms with Crippen LogP contribution in [0.4, 0.5) is 10.1 Å². The van der Waals surface area contributed by atoms with Crippen molar-refractivity contribution >= 4 is 47.0 Å². The van der Waals surface area contributed by atoms with Crippen LogP contribution in [0.5, 0.6) is 0 Å². The molecule has 2 N–H and O–H groups in total. The van der Waals surface area contributed by atoms with Crippen LogP contribution in [0.1, 0.15) is 24.0 Å². The second-order valence-electron chi connectivity index (χ2n) is 6.02. The lowest BCUT2D eigenvalue weighted by Crippen LogP contribution is -2.38.